The Morgan fingerprint density at radius 3 is 2.10 bits per heavy atom. The average Bonchev–Trinajstić information content (AvgIpc) is 3.22. The lowest BCUT2D eigenvalue weighted by atomic mass is 10.0. The summed E-state index contributed by atoms with van der Waals surface area (Å²) in [7, 11) is 0. The second kappa shape index (κ2) is 5.65. The van der Waals surface area contributed by atoms with Crippen LogP contribution in [0.4, 0.5) is 0 Å². The number of hydrogen-bond acceptors (Lipinski definition) is 2. The summed E-state index contributed by atoms with van der Waals surface area (Å²) in [6.07, 6.45) is 1.88. The van der Waals surface area contributed by atoms with E-state index in [4.69, 9.17) is 27.9 Å². The Bertz CT molecular complexity index is 586. The SMILES string of the molecule is OC(c1ccc(OC2CC2)cc1)c1cc(Cl)cc(Cl)c1. The minimum absolute atomic E-state index is 0.373. The number of halogens is 2. The van der Waals surface area contributed by atoms with Crippen LogP contribution in [0.15, 0.2) is 42.5 Å². The first-order valence-electron chi connectivity index (χ1n) is 6.52. The normalized spacial score (nSPS) is 15.9. The van der Waals surface area contributed by atoms with E-state index in [2.05, 4.69) is 0 Å². The molecule has 1 saturated carbocycles. The fourth-order valence-electron chi connectivity index (χ4n) is 2.03. The molecular weight excluding hydrogens is 295 g/mol. The summed E-state index contributed by atoms with van der Waals surface area (Å²) < 4.78 is 5.68. The van der Waals surface area contributed by atoms with Crippen molar-refractivity contribution in [2.24, 2.45) is 0 Å². The molecule has 0 aromatic heterocycles. The quantitative estimate of drug-likeness (QED) is 0.893. The van der Waals surface area contributed by atoms with Gasteiger partial charge >= 0.3 is 0 Å². The summed E-state index contributed by atoms with van der Waals surface area (Å²) in [5.41, 5.74) is 1.46. The highest BCUT2D eigenvalue weighted by Gasteiger charge is 2.23. The molecule has 2 aromatic rings. The maximum absolute atomic E-state index is 10.4. The number of aliphatic hydroxyl groups is 1. The molecule has 1 unspecified atom stereocenters. The van der Waals surface area contributed by atoms with Crippen LogP contribution in [0.5, 0.6) is 5.75 Å². The van der Waals surface area contributed by atoms with Crippen molar-refractivity contribution in [1.82, 2.24) is 0 Å². The molecule has 3 rings (SSSR count). The van der Waals surface area contributed by atoms with E-state index in [0.717, 1.165) is 24.2 Å². The second-order valence-corrected chi connectivity index (χ2v) is 5.86. The Kier molecular flexibility index (Phi) is 3.88. The van der Waals surface area contributed by atoms with Gasteiger partial charge in [-0.25, -0.2) is 0 Å². The second-order valence-electron chi connectivity index (χ2n) is 4.99. The van der Waals surface area contributed by atoms with Gasteiger partial charge in [-0.05, 0) is 54.3 Å². The molecule has 4 heteroatoms. The van der Waals surface area contributed by atoms with Crippen molar-refractivity contribution in [3.8, 4) is 5.75 Å². The minimum atomic E-state index is -0.749. The van der Waals surface area contributed by atoms with Gasteiger partial charge in [-0.3, -0.25) is 0 Å². The summed E-state index contributed by atoms with van der Waals surface area (Å²) in [5.74, 6) is 0.840. The maximum Gasteiger partial charge on any atom is 0.119 e. The van der Waals surface area contributed by atoms with Crippen molar-refractivity contribution in [3.63, 3.8) is 0 Å². The van der Waals surface area contributed by atoms with Crippen molar-refractivity contribution in [1.29, 1.82) is 0 Å². The van der Waals surface area contributed by atoms with Crippen LogP contribution >= 0.6 is 23.2 Å². The predicted molar refractivity (Wildman–Crippen MR) is 80.6 cm³/mol. The van der Waals surface area contributed by atoms with E-state index in [9.17, 15) is 5.11 Å². The molecule has 20 heavy (non-hydrogen) atoms. The van der Waals surface area contributed by atoms with Gasteiger partial charge in [-0.2, -0.15) is 0 Å². The molecule has 0 spiro atoms. The molecule has 0 bridgehead atoms. The van der Waals surface area contributed by atoms with Gasteiger partial charge in [0.2, 0.25) is 0 Å². The molecule has 2 nitrogen and oxygen atoms in total. The van der Waals surface area contributed by atoms with E-state index < -0.39 is 6.10 Å². The van der Waals surface area contributed by atoms with Crippen molar-refractivity contribution in [3.05, 3.63) is 63.6 Å². The molecule has 2 aromatic carbocycles. The minimum Gasteiger partial charge on any atom is -0.490 e. The van der Waals surface area contributed by atoms with Gasteiger partial charge in [0.15, 0.2) is 0 Å². The number of ether oxygens (including phenoxy) is 1. The smallest absolute Gasteiger partial charge is 0.119 e. The van der Waals surface area contributed by atoms with Crippen LogP contribution in [0.2, 0.25) is 10.0 Å². The molecule has 1 aliphatic rings. The third-order valence-corrected chi connectivity index (χ3v) is 3.66. The van der Waals surface area contributed by atoms with Gasteiger partial charge in [0.05, 0.1) is 6.10 Å². The lowest BCUT2D eigenvalue weighted by molar-refractivity contribution is 0.220. The summed E-state index contributed by atoms with van der Waals surface area (Å²) >= 11 is 11.9. The highest BCUT2D eigenvalue weighted by Crippen LogP contribution is 2.30. The van der Waals surface area contributed by atoms with Gasteiger partial charge in [-0.1, -0.05) is 35.3 Å². The Hall–Kier alpha value is -1.22. The molecule has 1 N–H and O–H groups in total. The van der Waals surface area contributed by atoms with Gasteiger partial charge in [0, 0.05) is 10.0 Å². The standard InChI is InChI=1S/C16H14Cl2O2/c17-12-7-11(8-13(18)9-12)16(19)10-1-3-14(4-2-10)20-15-5-6-15/h1-4,7-9,15-16,19H,5-6H2. The molecule has 0 heterocycles. The average molecular weight is 309 g/mol. The van der Waals surface area contributed by atoms with Crippen LogP contribution in [0, 0.1) is 0 Å². The number of hydrogen-bond donors (Lipinski definition) is 1. The molecule has 0 radical (unpaired) electrons. The van der Waals surface area contributed by atoms with Crippen LogP contribution in [0.3, 0.4) is 0 Å². The van der Waals surface area contributed by atoms with Crippen molar-refractivity contribution < 1.29 is 9.84 Å². The largest absolute Gasteiger partial charge is 0.490 e. The number of benzene rings is 2. The highest BCUT2D eigenvalue weighted by atomic mass is 35.5. The summed E-state index contributed by atoms with van der Waals surface area (Å²) in [4.78, 5) is 0. The lowest BCUT2D eigenvalue weighted by Crippen LogP contribution is -2.01. The number of aliphatic hydroxyl groups excluding tert-OH is 1. The Morgan fingerprint density at radius 2 is 1.55 bits per heavy atom. The molecule has 0 aliphatic heterocycles. The van der Waals surface area contributed by atoms with Crippen LogP contribution in [0.25, 0.3) is 0 Å². The van der Waals surface area contributed by atoms with E-state index in [1.807, 2.05) is 24.3 Å². The molecule has 1 fully saturated rings. The topological polar surface area (TPSA) is 29.5 Å². The molecule has 104 valence electrons. The van der Waals surface area contributed by atoms with Crippen molar-refractivity contribution in [2.45, 2.75) is 25.0 Å². The predicted octanol–water partition coefficient (Wildman–Crippen LogP) is 4.62. The molecule has 1 atom stereocenters. The number of rotatable bonds is 4. The monoisotopic (exact) mass is 308 g/mol. The van der Waals surface area contributed by atoms with Gasteiger partial charge in [-0.15, -0.1) is 0 Å². The van der Waals surface area contributed by atoms with E-state index >= 15 is 0 Å². The lowest BCUT2D eigenvalue weighted by Gasteiger charge is -2.13. The van der Waals surface area contributed by atoms with Crippen LogP contribution in [0.1, 0.15) is 30.1 Å². The molecule has 1 aliphatic carbocycles. The molecular formula is C16H14Cl2O2. The van der Waals surface area contributed by atoms with Gasteiger partial charge in [0.25, 0.3) is 0 Å². The summed E-state index contributed by atoms with van der Waals surface area (Å²) in [6.45, 7) is 0. The first-order valence-corrected chi connectivity index (χ1v) is 7.28. The fourth-order valence-corrected chi connectivity index (χ4v) is 2.58. The van der Waals surface area contributed by atoms with Crippen LogP contribution < -0.4 is 4.74 Å². The first-order chi connectivity index (χ1) is 9.61. The Morgan fingerprint density at radius 1 is 0.950 bits per heavy atom. The maximum atomic E-state index is 10.4. The van der Waals surface area contributed by atoms with Crippen molar-refractivity contribution in [2.75, 3.05) is 0 Å². The van der Waals surface area contributed by atoms with Gasteiger partial charge < -0.3 is 9.84 Å². The van der Waals surface area contributed by atoms with Crippen LogP contribution in [-0.4, -0.2) is 11.2 Å². The summed E-state index contributed by atoms with van der Waals surface area (Å²) in [5, 5.41) is 11.4. The first kappa shape index (κ1) is 13.7. The zero-order chi connectivity index (χ0) is 14.1. The van der Waals surface area contributed by atoms with Gasteiger partial charge in [0.1, 0.15) is 11.9 Å². The Labute approximate surface area is 127 Å². The fraction of sp³-hybridized carbons (Fsp3) is 0.250. The van der Waals surface area contributed by atoms with Crippen molar-refractivity contribution >= 4 is 23.2 Å². The zero-order valence-electron chi connectivity index (χ0n) is 10.7. The Balaban J connectivity index is 1.79. The third kappa shape index (κ3) is 3.26. The van der Waals surface area contributed by atoms with E-state index in [-0.39, 0.29) is 0 Å². The molecule has 0 saturated heterocycles. The van der Waals surface area contributed by atoms with E-state index in [0.29, 0.717) is 21.7 Å². The zero-order valence-corrected chi connectivity index (χ0v) is 12.2. The van der Waals surface area contributed by atoms with E-state index in [1.165, 1.54) is 0 Å². The highest BCUT2D eigenvalue weighted by molar-refractivity contribution is 6.34. The van der Waals surface area contributed by atoms with E-state index in [1.54, 1.807) is 18.2 Å². The summed E-state index contributed by atoms with van der Waals surface area (Å²) in [6, 6.07) is 12.5. The molecule has 0 amide bonds. The van der Waals surface area contributed by atoms with Crippen LogP contribution in [-0.2, 0) is 0 Å². The third-order valence-electron chi connectivity index (χ3n) is 3.22.